The molecule has 0 saturated carbocycles. The summed E-state index contributed by atoms with van der Waals surface area (Å²) >= 11 is 0. The lowest BCUT2D eigenvalue weighted by molar-refractivity contribution is 0.0950. The molecule has 1 fully saturated rings. The molecular formula is C13H21N5O. The van der Waals surface area contributed by atoms with Crippen LogP contribution in [0, 0.1) is 0 Å². The van der Waals surface area contributed by atoms with Gasteiger partial charge in [0.2, 0.25) is 0 Å². The van der Waals surface area contributed by atoms with Crippen LogP contribution in [0.1, 0.15) is 36.7 Å². The molecular weight excluding hydrogens is 242 g/mol. The highest BCUT2D eigenvalue weighted by Crippen LogP contribution is 2.09. The number of carbonyl (C=O) groups is 1. The van der Waals surface area contributed by atoms with Gasteiger partial charge in [0.25, 0.3) is 5.91 Å². The zero-order valence-electron chi connectivity index (χ0n) is 11.3. The SMILES string of the molecule is CCNC(=O)c1ccc(NCC[C@@H]2CCCN2)nn1. The fraction of sp³-hybridized carbons (Fsp3) is 0.615. The van der Waals surface area contributed by atoms with E-state index in [1.165, 1.54) is 12.8 Å². The fourth-order valence-electron chi connectivity index (χ4n) is 2.18. The van der Waals surface area contributed by atoms with Crippen molar-refractivity contribution in [2.75, 3.05) is 25.0 Å². The Labute approximate surface area is 113 Å². The monoisotopic (exact) mass is 263 g/mol. The molecule has 19 heavy (non-hydrogen) atoms. The van der Waals surface area contributed by atoms with Crippen molar-refractivity contribution in [3.8, 4) is 0 Å². The Bertz CT molecular complexity index is 400. The van der Waals surface area contributed by atoms with Gasteiger partial charge in [0.15, 0.2) is 5.69 Å². The Hall–Kier alpha value is -1.69. The zero-order chi connectivity index (χ0) is 13.5. The molecule has 0 bridgehead atoms. The molecule has 0 aliphatic carbocycles. The molecule has 0 aromatic carbocycles. The second-order valence-electron chi connectivity index (χ2n) is 4.67. The molecule has 1 aromatic heterocycles. The summed E-state index contributed by atoms with van der Waals surface area (Å²) in [4.78, 5) is 11.5. The topological polar surface area (TPSA) is 78.9 Å². The second-order valence-corrected chi connectivity index (χ2v) is 4.67. The second kappa shape index (κ2) is 7.04. The van der Waals surface area contributed by atoms with Gasteiger partial charge in [-0.15, -0.1) is 10.2 Å². The summed E-state index contributed by atoms with van der Waals surface area (Å²) in [6.45, 7) is 4.46. The van der Waals surface area contributed by atoms with Crippen LogP contribution in [-0.2, 0) is 0 Å². The lowest BCUT2D eigenvalue weighted by atomic mass is 10.1. The van der Waals surface area contributed by atoms with Crippen LogP contribution >= 0.6 is 0 Å². The maximum atomic E-state index is 11.5. The van der Waals surface area contributed by atoms with Crippen LogP contribution in [0.3, 0.4) is 0 Å². The van der Waals surface area contributed by atoms with Crippen molar-refractivity contribution < 1.29 is 4.79 Å². The quantitative estimate of drug-likeness (QED) is 0.707. The fourth-order valence-corrected chi connectivity index (χ4v) is 2.18. The number of rotatable bonds is 6. The molecule has 2 heterocycles. The Morgan fingerprint density at radius 2 is 2.37 bits per heavy atom. The first-order valence-electron chi connectivity index (χ1n) is 6.88. The number of carbonyl (C=O) groups excluding carboxylic acids is 1. The molecule has 1 saturated heterocycles. The first-order valence-corrected chi connectivity index (χ1v) is 6.88. The number of anilines is 1. The van der Waals surface area contributed by atoms with Gasteiger partial charge in [-0.25, -0.2) is 0 Å². The van der Waals surface area contributed by atoms with Crippen LogP contribution in [0.15, 0.2) is 12.1 Å². The molecule has 3 N–H and O–H groups in total. The highest BCUT2D eigenvalue weighted by Gasteiger charge is 2.13. The van der Waals surface area contributed by atoms with Crippen LogP contribution in [0.25, 0.3) is 0 Å². The molecule has 6 nitrogen and oxygen atoms in total. The molecule has 1 atom stereocenters. The molecule has 1 aromatic rings. The smallest absolute Gasteiger partial charge is 0.271 e. The standard InChI is InChI=1S/C13H21N5O/c1-2-14-13(19)11-5-6-12(18-17-11)16-9-7-10-4-3-8-15-10/h5-6,10,15H,2-4,7-9H2,1H3,(H,14,19)(H,16,18)/t10-/m0/s1. The van der Waals surface area contributed by atoms with E-state index in [1.807, 2.05) is 6.92 Å². The summed E-state index contributed by atoms with van der Waals surface area (Å²) in [5, 5.41) is 17.3. The molecule has 6 heteroatoms. The summed E-state index contributed by atoms with van der Waals surface area (Å²) in [6.07, 6.45) is 3.61. The third-order valence-corrected chi connectivity index (χ3v) is 3.20. The number of aromatic nitrogens is 2. The van der Waals surface area contributed by atoms with Crippen LogP contribution in [0.5, 0.6) is 0 Å². The van der Waals surface area contributed by atoms with E-state index >= 15 is 0 Å². The lowest BCUT2D eigenvalue weighted by Gasteiger charge is -2.10. The maximum absolute atomic E-state index is 11.5. The van der Waals surface area contributed by atoms with E-state index in [0.717, 1.165) is 19.5 Å². The number of nitrogens with one attached hydrogen (secondary N) is 3. The predicted octanol–water partition coefficient (Wildman–Crippen LogP) is 0.780. The summed E-state index contributed by atoms with van der Waals surface area (Å²) in [5.74, 6) is 0.530. The average molecular weight is 263 g/mol. The van der Waals surface area contributed by atoms with Crippen LogP contribution < -0.4 is 16.0 Å². The van der Waals surface area contributed by atoms with E-state index in [2.05, 4.69) is 26.1 Å². The maximum Gasteiger partial charge on any atom is 0.271 e. The Balaban J connectivity index is 1.76. The van der Waals surface area contributed by atoms with E-state index in [4.69, 9.17) is 0 Å². The number of hydrogen-bond donors (Lipinski definition) is 3. The van der Waals surface area contributed by atoms with E-state index in [-0.39, 0.29) is 5.91 Å². The molecule has 0 unspecified atom stereocenters. The Morgan fingerprint density at radius 1 is 1.47 bits per heavy atom. The van der Waals surface area contributed by atoms with Crippen LogP contribution in [0.2, 0.25) is 0 Å². The third-order valence-electron chi connectivity index (χ3n) is 3.20. The normalized spacial score (nSPS) is 18.3. The van der Waals surface area contributed by atoms with Crippen molar-refractivity contribution in [2.45, 2.75) is 32.2 Å². The minimum absolute atomic E-state index is 0.184. The van der Waals surface area contributed by atoms with Gasteiger partial charge in [-0.2, -0.15) is 0 Å². The lowest BCUT2D eigenvalue weighted by Crippen LogP contribution is -2.25. The molecule has 1 aliphatic heterocycles. The van der Waals surface area contributed by atoms with Gasteiger partial charge >= 0.3 is 0 Å². The van der Waals surface area contributed by atoms with E-state index in [0.29, 0.717) is 24.1 Å². The zero-order valence-corrected chi connectivity index (χ0v) is 11.3. The van der Waals surface area contributed by atoms with Crippen LogP contribution in [-0.4, -0.2) is 41.8 Å². The minimum atomic E-state index is -0.184. The minimum Gasteiger partial charge on any atom is -0.369 e. The predicted molar refractivity (Wildman–Crippen MR) is 74.2 cm³/mol. The molecule has 1 aliphatic rings. The van der Waals surface area contributed by atoms with Gasteiger partial charge < -0.3 is 16.0 Å². The van der Waals surface area contributed by atoms with Gasteiger partial charge in [0.05, 0.1) is 0 Å². The number of amides is 1. The molecule has 104 valence electrons. The summed E-state index contributed by atoms with van der Waals surface area (Å²) in [7, 11) is 0. The van der Waals surface area contributed by atoms with Gasteiger partial charge in [-0.3, -0.25) is 4.79 Å². The van der Waals surface area contributed by atoms with Crippen molar-refractivity contribution in [2.24, 2.45) is 0 Å². The van der Waals surface area contributed by atoms with Crippen molar-refractivity contribution in [3.05, 3.63) is 17.8 Å². The van der Waals surface area contributed by atoms with Crippen molar-refractivity contribution in [1.82, 2.24) is 20.8 Å². The highest BCUT2D eigenvalue weighted by molar-refractivity contribution is 5.92. The van der Waals surface area contributed by atoms with E-state index in [9.17, 15) is 4.79 Å². The Morgan fingerprint density at radius 3 is 3.00 bits per heavy atom. The van der Waals surface area contributed by atoms with Gasteiger partial charge in [0, 0.05) is 19.1 Å². The van der Waals surface area contributed by atoms with Gasteiger partial charge in [-0.1, -0.05) is 0 Å². The van der Waals surface area contributed by atoms with E-state index in [1.54, 1.807) is 12.1 Å². The molecule has 0 radical (unpaired) electrons. The van der Waals surface area contributed by atoms with Gasteiger partial charge in [-0.05, 0) is 44.9 Å². The Kier molecular flexibility index (Phi) is 5.09. The number of hydrogen-bond acceptors (Lipinski definition) is 5. The summed E-state index contributed by atoms with van der Waals surface area (Å²) in [6, 6.07) is 4.10. The number of nitrogens with zero attached hydrogens (tertiary/aromatic N) is 2. The third kappa shape index (κ3) is 4.17. The molecule has 0 spiro atoms. The van der Waals surface area contributed by atoms with E-state index < -0.39 is 0 Å². The summed E-state index contributed by atoms with van der Waals surface area (Å²) < 4.78 is 0. The average Bonchev–Trinajstić information content (AvgIpc) is 2.93. The summed E-state index contributed by atoms with van der Waals surface area (Å²) in [5.41, 5.74) is 0.352. The molecule has 2 rings (SSSR count). The first-order chi connectivity index (χ1) is 9.29. The highest BCUT2D eigenvalue weighted by atomic mass is 16.1. The van der Waals surface area contributed by atoms with Crippen molar-refractivity contribution in [1.29, 1.82) is 0 Å². The van der Waals surface area contributed by atoms with Crippen molar-refractivity contribution in [3.63, 3.8) is 0 Å². The molecule has 1 amide bonds. The van der Waals surface area contributed by atoms with Crippen molar-refractivity contribution >= 4 is 11.7 Å². The van der Waals surface area contributed by atoms with Gasteiger partial charge in [0.1, 0.15) is 5.82 Å². The van der Waals surface area contributed by atoms with Crippen LogP contribution in [0.4, 0.5) is 5.82 Å². The largest absolute Gasteiger partial charge is 0.369 e. The first kappa shape index (κ1) is 13.7.